The van der Waals surface area contributed by atoms with Crippen LogP contribution in [0.1, 0.15) is 25.3 Å². The fourth-order valence-electron chi connectivity index (χ4n) is 2.11. The second-order valence-corrected chi connectivity index (χ2v) is 5.39. The molecule has 0 saturated carbocycles. The maximum absolute atomic E-state index is 6.06. The molecule has 0 radical (unpaired) electrons. The van der Waals surface area contributed by atoms with E-state index in [1.807, 2.05) is 19.1 Å². The van der Waals surface area contributed by atoms with Gasteiger partial charge in [-0.05, 0) is 44.4 Å². The lowest BCUT2D eigenvalue weighted by molar-refractivity contribution is 0.0658. The van der Waals surface area contributed by atoms with Crippen molar-refractivity contribution in [3.8, 4) is 0 Å². The molecule has 4 heteroatoms. The van der Waals surface area contributed by atoms with Crippen molar-refractivity contribution in [3.05, 3.63) is 22.7 Å². The molecule has 0 aliphatic carbocycles. The SMILES string of the molecule is Cc1cc(N)c(Cl)cc1NC1(C)CCOCC1. The molecule has 1 aromatic carbocycles. The van der Waals surface area contributed by atoms with E-state index < -0.39 is 0 Å². The molecule has 1 aliphatic rings. The number of hydrogen-bond acceptors (Lipinski definition) is 3. The fraction of sp³-hybridized carbons (Fsp3) is 0.538. The van der Waals surface area contributed by atoms with Crippen LogP contribution in [0.2, 0.25) is 5.02 Å². The highest BCUT2D eigenvalue weighted by Gasteiger charge is 2.27. The summed E-state index contributed by atoms with van der Waals surface area (Å²) in [7, 11) is 0. The van der Waals surface area contributed by atoms with E-state index in [0.717, 1.165) is 37.3 Å². The number of aryl methyl sites for hydroxylation is 1. The molecular weight excluding hydrogens is 236 g/mol. The minimum Gasteiger partial charge on any atom is -0.398 e. The van der Waals surface area contributed by atoms with Gasteiger partial charge in [-0.15, -0.1) is 0 Å². The number of hydrogen-bond donors (Lipinski definition) is 2. The lowest BCUT2D eigenvalue weighted by atomic mass is 9.92. The first-order valence-electron chi connectivity index (χ1n) is 5.92. The lowest BCUT2D eigenvalue weighted by Gasteiger charge is -2.36. The number of rotatable bonds is 2. The molecule has 1 saturated heterocycles. The van der Waals surface area contributed by atoms with Crippen LogP contribution in [0.4, 0.5) is 11.4 Å². The predicted octanol–water partition coefficient (Wildman–Crippen LogP) is 3.21. The van der Waals surface area contributed by atoms with Gasteiger partial charge in [0.2, 0.25) is 0 Å². The van der Waals surface area contributed by atoms with Crippen LogP contribution in [-0.2, 0) is 4.74 Å². The molecular formula is C13H19ClN2O. The van der Waals surface area contributed by atoms with E-state index in [1.165, 1.54) is 0 Å². The van der Waals surface area contributed by atoms with Crippen molar-refractivity contribution >= 4 is 23.0 Å². The fourth-order valence-corrected chi connectivity index (χ4v) is 2.27. The normalized spacial score (nSPS) is 19.0. The van der Waals surface area contributed by atoms with E-state index in [-0.39, 0.29) is 5.54 Å². The summed E-state index contributed by atoms with van der Waals surface area (Å²) < 4.78 is 5.39. The van der Waals surface area contributed by atoms with Crippen molar-refractivity contribution in [1.82, 2.24) is 0 Å². The Morgan fingerprint density at radius 2 is 2.00 bits per heavy atom. The minimum atomic E-state index is 0.0858. The summed E-state index contributed by atoms with van der Waals surface area (Å²) in [6.45, 7) is 5.88. The van der Waals surface area contributed by atoms with Crippen LogP contribution in [0.5, 0.6) is 0 Å². The number of ether oxygens (including phenoxy) is 1. The highest BCUT2D eigenvalue weighted by atomic mass is 35.5. The van der Waals surface area contributed by atoms with Gasteiger partial charge in [-0.3, -0.25) is 0 Å². The molecule has 94 valence electrons. The van der Waals surface area contributed by atoms with Crippen molar-refractivity contribution in [2.75, 3.05) is 24.3 Å². The summed E-state index contributed by atoms with van der Waals surface area (Å²) in [4.78, 5) is 0. The monoisotopic (exact) mass is 254 g/mol. The van der Waals surface area contributed by atoms with Gasteiger partial charge in [-0.1, -0.05) is 11.6 Å². The van der Waals surface area contributed by atoms with Crippen LogP contribution in [0, 0.1) is 6.92 Å². The number of nitrogens with one attached hydrogen (secondary N) is 1. The van der Waals surface area contributed by atoms with Gasteiger partial charge in [0.15, 0.2) is 0 Å². The Balaban J connectivity index is 2.20. The predicted molar refractivity (Wildman–Crippen MR) is 72.7 cm³/mol. The molecule has 1 aliphatic heterocycles. The molecule has 1 aromatic rings. The maximum Gasteiger partial charge on any atom is 0.0656 e. The maximum atomic E-state index is 6.06. The number of benzene rings is 1. The average molecular weight is 255 g/mol. The molecule has 0 amide bonds. The summed E-state index contributed by atoms with van der Waals surface area (Å²) >= 11 is 6.06. The lowest BCUT2D eigenvalue weighted by Crippen LogP contribution is -2.40. The first kappa shape index (κ1) is 12.5. The molecule has 0 bridgehead atoms. The standard InChI is InChI=1S/C13H19ClN2O/c1-9-7-11(15)10(14)8-12(9)16-13(2)3-5-17-6-4-13/h7-8,16H,3-6,15H2,1-2H3. The van der Waals surface area contributed by atoms with Crippen molar-refractivity contribution in [2.45, 2.75) is 32.2 Å². The van der Waals surface area contributed by atoms with Gasteiger partial charge in [0.05, 0.1) is 10.7 Å². The van der Waals surface area contributed by atoms with Gasteiger partial charge in [-0.25, -0.2) is 0 Å². The van der Waals surface area contributed by atoms with Crippen molar-refractivity contribution in [2.24, 2.45) is 0 Å². The zero-order valence-electron chi connectivity index (χ0n) is 10.3. The molecule has 1 heterocycles. The van der Waals surface area contributed by atoms with Crippen molar-refractivity contribution in [3.63, 3.8) is 0 Å². The number of anilines is 2. The van der Waals surface area contributed by atoms with Crippen LogP contribution in [0.15, 0.2) is 12.1 Å². The van der Waals surface area contributed by atoms with Crippen LogP contribution < -0.4 is 11.1 Å². The third kappa shape index (κ3) is 2.85. The average Bonchev–Trinajstić information content (AvgIpc) is 2.26. The Kier molecular flexibility index (Phi) is 3.50. The number of halogens is 1. The second-order valence-electron chi connectivity index (χ2n) is 4.99. The minimum absolute atomic E-state index is 0.0858. The third-order valence-electron chi connectivity index (χ3n) is 3.38. The smallest absolute Gasteiger partial charge is 0.0656 e. The molecule has 17 heavy (non-hydrogen) atoms. The van der Waals surface area contributed by atoms with Crippen LogP contribution in [0.25, 0.3) is 0 Å². The zero-order valence-corrected chi connectivity index (χ0v) is 11.1. The summed E-state index contributed by atoms with van der Waals surface area (Å²) in [5.41, 5.74) is 8.68. The largest absolute Gasteiger partial charge is 0.398 e. The Morgan fingerprint density at radius 1 is 1.35 bits per heavy atom. The van der Waals surface area contributed by atoms with Crippen LogP contribution >= 0.6 is 11.6 Å². The zero-order chi connectivity index (χ0) is 12.5. The highest BCUT2D eigenvalue weighted by molar-refractivity contribution is 6.33. The first-order valence-corrected chi connectivity index (χ1v) is 6.29. The Bertz CT molecular complexity index is 414. The number of nitrogens with two attached hydrogens (primary N) is 1. The third-order valence-corrected chi connectivity index (χ3v) is 3.70. The van der Waals surface area contributed by atoms with Crippen molar-refractivity contribution < 1.29 is 4.74 Å². The molecule has 0 unspecified atom stereocenters. The molecule has 3 nitrogen and oxygen atoms in total. The van der Waals surface area contributed by atoms with Gasteiger partial charge < -0.3 is 15.8 Å². The molecule has 0 atom stereocenters. The van der Waals surface area contributed by atoms with E-state index in [9.17, 15) is 0 Å². The quantitative estimate of drug-likeness (QED) is 0.797. The summed E-state index contributed by atoms with van der Waals surface area (Å²) in [6, 6.07) is 3.82. The van der Waals surface area contributed by atoms with E-state index in [1.54, 1.807) is 0 Å². The Labute approximate surface area is 107 Å². The van der Waals surface area contributed by atoms with E-state index in [0.29, 0.717) is 10.7 Å². The van der Waals surface area contributed by atoms with Crippen molar-refractivity contribution in [1.29, 1.82) is 0 Å². The van der Waals surface area contributed by atoms with E-state index in [4.69, 9.17) is 22.1 Å². The first-order chi connectivity index (χ1) is 8.00. The Morgan fingerprint density at radius 3 is 2.65 bits per heavy atom. The van der Waals surface area contributed by atoms with Gasteiger partial charge >= 0.3 is 0 Å². The second kappa shape index (κ2) is 4.75. The molecule has 2 rings (SSSR count). The van der Waals surface area contributed by atoms with Gasteiger partial charge in [-0.2, -0.15) is 0 Å². The van der Waals surface area contributed by atoms with Crippen LogP contribution in [0.3, 0.4) is 0 Å². The van der Waals surface area contributed by atoms with E-state index >= 15 is 0 Å². The molecule has 0 aromatic heterocycles. The van der Waals surface area contributed by atoms with Gasteiger partial charge in [0.1, 0.15) is 0 Å². The summed E-state index contributed by atoms with van der Waals surface area (Å²) in [5, 5.41) is 4.18. The highest BCUT2D eigenvalue weighted by Crippen LogP contribution is 2.31. The van der Waals surface area contributed by atoms with Gasteiger partial charge in [0.25, 0.3) is 0 Å². The Hall–Kier alpha value is -0.930. The molecule has 3 N–H and O–H groups in total. The van der Waals surface area contributed by atoms with E-state index in [2.05, 4.69) is 12.2 Å². The number of nitrogen functional groups attached to an aromatic ring is 1. The topological polar surface area (TPSA) is 47.3 Å². The van der Waals surface area contributed by atoms with Gasteiger partial charge in [0, 0.05) is 24.4 Å². The molecule has 0 spiro atoms. The summed E-state index contributed by atoms with van der Waals surface area (Å²) in [5.74, 6) is 0. The molecule has 1 fully saturated rings. The summed E-state index contributed by atoms with van der Waals surface area (Å²) in [6.07, 6.45) is 2.02. The van der Waals surface area contributed by atoms with Crippen LogP contribution in [-0.4, -0.2) is 18.8 Å².